The maximum absolute atomic E-state index is 13.4. The van der Waals surface area contributed by atoms with E-state index in [9.17, 15) is 8.42 Å². The van der Waals surface area contributed by atoms with Crippen LogP contribution in [0.1, 0.15) is 11.1 Å². The van der Waals surface area contributed by atoms with Gasteiger partial charge in [0, 0.05) is 24.7 Å². The van der Waals surface area contributed by atoms with Crippen molar-refractivity contribution in [3.05, 3.63) is 114 Å². The Kier molecular flexibility index (Phi) is 7.70. The molecule has 35 heavy (non-hydrogen) atoms. The summed E-state index contributed by atoms with van der Waals surface area (Å²) in [4.78, 5) is 0. The molecule has 7 heteroatoms. The van der Waals surface area contributed by atoms with Crippen molar-refractivity contribution < 1.29 is 22.1 Å². The zero-order chi connectivity index (χ0) is 24.7. The van der Waals surface area contributed by atoms with E-state index in [4.69, 9.17) is 13.7 Å². The standard InChI is InChI=1S/C28H27NO5S/c1-32-27-18-15-25(28(19-27)33-2)21-29(20-22-9-5-3-6-10-22)35(30,31)34-26-16-13-24(14-17-26)23-11-7-4-8-12-23/h3-19H,20-21H2,1-2H3. The summed E-state index contributed by atoms with van der Waals surface area (Å²) in [5.74, 6) is 1.40. The molecule has 4 aromatic rings. The number of ether oxygens (including phenoxy) is 2. The van der Waals surface area contributed by atoms with Crippen LogP contribution in [0.4, 0.5) is 0 Å². The van der Waals surface area contributed by atoms with Gasteiger partial charge in [0.1, 0.15) is 17.2 Å². The Morgan fingerprint density at radius 1 is 0.657 bits per heavy atom. The smallest absolute Gasteiger partial charge is 0.385 e. The minimum atomic E-state index is -4.14. The number of rotatable bonds is 10. The van der Waals surface area contributed by atoms with Gasteiger partial charge >= 0.3 is 10.3 Å². The summed E-state index contributed by atoms with van der Waals surface area (Å²) in [6, 6.07) is 31.5. The fourth-order valence-corrected chi connectivity index (χ4v) is 4.75. The molecule has 0 atom stereocenters. The summed E-state index contributed by atoms with van der Waals surface area (Å²) in [6.45, 7) is 0.201. The Morgan fingerprint density at radius 3 is 1.89 bits per heavy atom. The zero-order valence-electron chi connectivity index (χ0n) is 19.6. The van der Waals surface area contributed by atoms with Crippen molar-refractivity contribution in [2.45, 2.75) is 13.1 Å². The predicted molar refractivity (Wildman–Crippen MR) is 137 cm³/mol. The number of methoxy groups -OCH3 is 2. The summed E-state index contributed by atoms with van der Waals surface area (Å²) in [5, 5.41) is 0. The summed E-state index contributed by atoms with van der Waals surface area (Å²) >= 11 is 0. The topological polar surface area (TPSA) is 65.1 Å². The van der Waals surface area contributed by atoms with Crippen LogP contribution in [0.15, 0.2) is 103 Å². The monoisotopic (exact) mass is 489 g/mol. The molecule has 0 aliphatic carbocycles. The molecule has 4 aromatic carbocycles. The molecule has 0 aliphatic heterocycles. The largest absolute Gasteiger partial charge is 0.497 e. The summed E-state index contributed by atoms with van der Waals surface area (Å²) in [7, 11) is -1.04. The molecule has 0 saturated carbocycles. The SMILES string of the molecule is COc1ccc(CN(Cc2ccccc2)S(=O)(=O)Oc2ccc(-c3ccccc3)cc2)c(OC)c1. The second-order valence-electron chi connectivity index (χ2n) is 7.86. The number of hydrogen-bond donors (Lipinski definition) is 0. The molecule has 0 heterocycles. The Hall–Kier alpha value is -3.81. The van der Waals surface area contributed by atoms with Crippen LogP contribution in [0.2, 0.25) is 0 Å². The summed E-state index contributed by atoms with van der Waals surface area (Å²) in [6.07, 6.45) is 0. The quantitative estimate of drug-likeness (QED) is 0.286. The zero-order valence-corrected chi connectivity index (χ0v) is 20.4. The van der Waals surface area contributed by atoms with Crippen molar-refractivity contribution in [2.75, 3.05) is 14.2 Å². The molecule has 0 saturated heterocycles. The highest BCUT2D eigenvalue weighted by atomic mass is 32.2. The average molecular weight is 490 g/mol. The Balaban J connectivity index is 1.60. The first-order valence-corrected chi connectivity index (χ1v) is 12.4. The van der Waals surface area contributed by atoms with Gasteiger partial charge in [-0.15, -0.1) is 0 Å². The van der Waals surface area contributed by atoms with E-state index in [1.165, 1.54) is 4.31 Å². The molecule has 0 N–H and O–H groups in total. The van der Waals surface area contributed by atoms with Gasteiger partial charge in [-0.1, -0.05) is 78.9 Å². The first-order valence-electron chi connectivity index (χ1n) is 11.1. The van der Waals surface area contributed by atoms with Crippen molar-refractivity contribution in [3.8, 4) is 28.4 Å². The van der Waals surface area contributed by atoms with E-state index in [1.807, 2.05) is 72.8 Å². The van der Waals surface area contributed by atoms with E-state index in [2.05, 4.69) is 0 Å². The Bertz CT molecular complexity index is 1340. The Labute approximate surface area is 206 Å². The molecule has 4 rings (SSSR count). The number of hydrogen-bond acceptors (Lipinski definition) is 5. The molecule has 0 amide bonds. The third kappa shape index (κ3) is 6.20. The maximum atomic E-state index is 13.4. The average Bonchev–Trinajstić information content (AvgIpc) is 2.90. The van der Waals surface area contributed by atoms with E-state index in [1.54, 1.807) is 44.6 Å². The lowest BCUT2D eigenvalue weighted by Gasteiger charge is -2.23. The fraction of sp³-hybridized carbons (Fsp3) is 0.143. The van der Waals surface area contributed by atoms with Gasteiger partial charge < -0.3 is 13.7 Å². The van der Waals surface area contributed by atoms with Crippen molar-refractivity contribution in [3.63, 3.8) is 0 Å². The van der Waals surface area contributed by atoms with Gasteiger partial charge in [0.25, 0.3) is 0 Å². The van der Waals surface area contributed by atoms with E-state index in [-0.39, 0.29) is 18.8 Å². The predicted octanol–water partition coefficient (Wildman–Crippen LogP) is 5.70. The molecule has 0 unspecified atom stereocenters. The van der Waals surface area contributed by atoms with Crippen molar-refractivity contribution in [1.29, 1.82) is 0 Å². The van der Waals surface area contributed by atoms with Gasteiger partial charge in [0.15, 0.2) is 0 Å². The fourth-order valence-electron chi connectivity index (χ4n) is 3.68. The number of nitrogens with zero attached hydrogens (tertiary/aromatic N) is 1. The van der Waals surface area contributed by atoms with Crippen LogP contribution in [0, 0.1) is 0 Å². The third-order valence-electron chi connectivity index (χ3n) is 5.52. The highest BCUT2D eigenvalue weighted by Gasteiger charge is 2.26. The molecule has 0 spiro atoms. The second kappa shape index (κ2) is 11.1. The normalized spacial score (nSPS) is 11.3. The van der Waals surface area contributed by atoms with E-state index >= 15 is 0 Å². The van der Waals surface area contributed by atoms with Gasteiger partial charge in [0.2, 0.25) is 0 Å². The minimum absolute atomic E-state index is 0.0620. The van der Waals surface area contributed by atoms with Crippen molar-refractivity contribution in [1.82, 2.24) is 4.31 Å². The summed E-state index contributed by atoms with van der Waals surface area (Å²) < 4.78 is 44.4. The summed E-state index contributed by atoms with van der Waals surface area (Å²) in [5.41, 5.74) is 3.54. The van der Waals surface area contributed by atoms with E-state index < -0.39 is 10.3 Å². The van der Waals surface area contributed by atoms with Gasteiger partial charge in [-0.2, -0.15) is 12.7 Å². The molecule has 0 aromatic heterocycles. The van der Waals surface area contributed by atoms with Gasteiger partial charge in [-0.05, 0) is 34.9 Å². The van der Waals surface area contributed by atoms with Crippen LogP contribution in [0.3, 0.4) is 0 Å². The molecule has 180 valence electrons. The van der Waals surface area contributed by atoms with Crippen LogP contribution in [0.5, 0.6) is 17.2 Å². The van der Waals surface area contributed by atoms with Crippen molar-refractivity contribution >= 4 is 10.3 Å². The van der Waals surface area contributed by atoms with Gasteiger partial charge in [-0.25, -0.2) is 0 Å². The van der Waals surface area contributed by atoms with Crippen LogP contribution in [-0.4, -0.2) is 26.9 Å². The van der Waals surface area contributed by atoms with Crippen LogP contribution in [0.25, 0.3) is 11.1 Å². The minimum Gasteiger partial charge on any atom is -0.497 e. The molecular weight excluding hydrogens is 462 g/mol. The lowest BCUT2D eigenvalue weighted by atomic mass is 10.1. The molecule has 6 nitrogen and oxygen atoms in total. The first kappa shape index (κ1) is 24.3. The first-order chi connectivity index (χ1) is 17.0. The Morgan fingerprint density at radius 2 is 1.26 bits per heavy atom. The molecule has 0 bridgehead atoms. The third-order valence-corrected chi connectivity index (χ3v) is 6.82. The van der Waals surface area contributed by atoms with Gasteiger partial charge in [0.05, 0.1) is 14.2 Å². The van der Waals surface area contributed by atoms with Crippen molar-refractivity contribution in [2.24, 2.45) is 0 Å². The molecule has 0 radical (unpaired) electrons. The van der Waals surface area contributed by atoms with Crippen LogP contribution < -0.4 is 13.7 Å². The van der Waals surface area contributed by atoms with E-state index in [0.717, 1.165) is 16.7 Å². The van der Waals surface area contributed by atoms with E-state index in [0.29, 0.717) is 17.1 Å². The lowest BCUT2D eigenvalue weighted by Crippen LogP contribution is -2.33. The van der Waals surface area contributed by atoms with Crippen LogP contribution in [-0.2, 0) is 23.4 Å². The highest BCUT2D eigenvalue weighted by molar-refractivity contribution is 7.84. The molecular formula is C28H27NO5S. The van der Waals surface area contributed by atoms with Crippen LogP contribution >= 0.6 is 0 Å². The second-order valence-corrected chi connectivity index (χ2v) is 9.40. The van der Waals surface area contributed by atoms with Gasteiger partial charge in [-0.3, -0.25) is 0 Å². The molecule has 0 aliphatic rings. The maximum Gasteiger partial charge on any atom is 0.385 e. The lowest BCUT2D eigenvalue weighted by molar-refractivity contribution is 0.336. The molecule has 0 fully saturated rings. The number of benzene rings is 4. The highest BCUT2D eigenvalue weighted by Crippen LogP contribution is 2.29.